The summed E-state index contributed by atoms with van der Waals surface area (Å²) in [5, 5.41) is 6.45. The quantitative estimate of drug-likeness (QED) is 0.463. The van der Waals surface area contributed by atoms with Crippen LogP contribution in [0.15, 0.2) is 0 Å². The van der Waals surface area contributed by atoms with Crippen LogP contribution >= 0.6 is 11.6 Å². The van der Waals surface area contributed by atoms with Crippen LogP contribution in [0.25, 0.3) is 0 Å². The van der Waals surface area contributed by atoms with E-state index in [0.29, 0.717) is 0 Å². The van der Waals surface area contributed by atoms with E-state index in [9.17, 15) is 13.2 Å². The van der Waals surface area contributed by atoms with Crippen molar-refractivity contribution < 1.29 is 22.9 Å². The highest BCUT2D eigenvalue weighted by molar-refractivity contribution is 7.85. The standard InChI is InChI=1S/C3H5ClO5S/c4-2(3(5)6)1-10(7,8)9/h2H,1H2,(H,5,6)(H,7,8,9). The number of alkyl halides is 1. The summed E-state index contributed by atoms with van der Waals surface area (Å²) in [7, 11) is -4.28. The van der Waals surface area contributed by atoms with Crippen molar-refractivity contribution in [2.45, 2.75) is 5.38 Å². The van der Waals surface area contributed by atoms with Crippen molar-refractivity contribution in [1.29, 1.82) is 0 Å². The maximum atomic E-state index is 9.95. The number of carboxylic acids is 1. The van der Waals surface area contributed by atoms with Crippen molar-refractivity contribution >= 4 is 27.7 Å². The lowest BCUT2D eigenvalue weighted by Gasteiger charge is -1.98. The van der Waals surface area contributed by atoms with Crippen LogP contribution in [0.2, 0.25) is 0 Å². The van der Waals surface area contributed by atoms with E-state index in [0.717, 1.165) is 0 Å². The minimum Gasteiger partial charge on any atom is -0.480 e. The molecule has 0 radical (unpaired) electrons. The predicted octanol–water partition coefficient (Wildman–Crippen LogP) is -0.434. The molecule has 0 amide bonds. The average Bonchev–Trinajstić information content (AvgIpc) is 1.60. The van der Waals surface area contributed by atoms with E-state index >= 15 is 0 Å². The second kappa shape index (κ2) is 3.18. The van der Waals surface area contributed by atoms with Crippen LogP contribution in [-0.2, 0) is 14.9 Å². The van der Waals surface area contributed by atoms with E-state index in [1.54, 1.807) is 0 Å². The smallest absolute Gasteiger partial charge is 0.322 e. The fourth-order valence-corrected chi connectivity index (χ4v) is 1.25. The molecule has 0 aromatic rings. The molecule has 0 aliphatic rings. The molecule has 5 nitrogen and oxygen atoms in total. The molecular formula is C3H5ClO5S. The average molecular weight is 189 g/mol. The summed E-state index contributed by atoms with van der Waals surface area (Å²) in [4.78, 5) is 9.87. The van der Waals surface area contributed by atoms with Gasteiger partial charge in [-0.05, 0) is 0 Å². The summed E-state index contributed by atoms with van der Waals surface area (Å²) in [5.74, 6) is -2.44. The van der Waals surface area contributed by atoms with Gasteiger partial charge in [-0.3, -0.25) is 9.35 Å². The Hall–Kier alpha value is -0.330. The number of carboxylic acid groups (broad SMARTS) is 1. The van der Waals surface area contributed by atoms with E-state index in [1.807, 2.05) is 0 Å². The van der Waals surface area contributed by atoms with Crippen molar-refractivity contribution in [3.63, 3.8) is 0 Å². The number of hydrogen-bond acceptors (Lipinski definition) is 3. The van der Waals surface area contributed by atoms with Crippen molar-refractivity contribution in [2.24, 2.45) is 0 Å². The molecule has 0 spiro atoms. The third-order valence-electron chi connectivity index (χ3n) is 0.625. The zero-order valence-electron chi connectivity index (χ0n) is 4.69. The lowest BCUT2D eigenvalue weighted by atomic mass is 10.5. The first kappa shape index (κ1) is 9.67. The van der Waals surface area contributed by atoms with Gasteiger partial charge < -0.3 is 5.11 Å². The summed E-state index contributed by atoms with van der Waals surface area (Å²) in [6.45, 7) is 0. The number of carbonyl (C=O) groups is 1. The van der Waals surface area contributed by atoms with Crippen molar-refractivity contribution in [1.82, 2.24) is 0 Å². The number of rotatable bonds is 3. The summed E-state index contributed by atoms with van der Waals surface area (Å²) in [6, 6.07) is 0. The summed E-state index contributed by atoms with van der Waals surface area (Å²) in [5.41, 5.74) is 0. The lowest BCUT2D eigenvalue weighted by Crippen LogP contribution is -2.23. The van der Waals surface area contributed by atoms with Crippen molar-refractivity contribution in [2.75, 3.05) is 5.75 Å². The summed E-state index contributed by atoms with van der Waals surface area (Å²) in [6.07, 6.45) is 0. The molecule has 0 aromatic heterocycles. The molecule has 1 unspecified atom stereocenters. The molecule has 60 valence electrons. The first-order valence-corrected chi connectivity index (χ1v) is 4.19. The Morgan fingerprint density at radius 3 is 2.10 bits per heavy atom. The number of aliphatic carboxylic acids is 1. The molecular weight excluding hydrogens is 184 g/mol. The molecule has 10 heavy (non-hydrogen) atoms. The Morgan fingerprint density at radius 1 is 1.60 bits per heavy atom. The topological polar surface area (TPSA) is 91.7 Å². The first-order valence-electron chi connectivity index (χ1n) is 2.15. The minimum absolute atomic E-state index is 0.968. The molecule has 1 atom stereocenters. The molecule has 0 aliphatic heterocycles. The molecule has 0 bridgehead atoms. The number of hydrogen-bond donors (Lipinski definition) is 2. The Kier molecular flexibility index (Phi) is 3.07. The summed E-state index contributed by atoms with van der Waals surface area (Å²) < 4.78 is 28.0. The van der Waals surface area contributed by atoms with E-state index < -0.39 is 27.2 Å². The molecule has 0 aliphatic carbocycles. The molecule has 7 heteroatoms. The van der Waals surface area contributed by atoms with Gasteiger partial charge in [-0.1, -0.05) is 0 Å². The maximum Gasteiger partial charge on any atom is 0.322 e. The lowest BCUT2D eigenvalue weighted by molar-refractivity contribution is -0.136. The highest BCUT2D eigenvalue weighted by Gasteiger charge is 2.20. The van der Waals surface area contributed by atoms with Gasteiger partial charge in [0.15, 0.2) is 0 Å². The van der Waals surface area contributed by atoms with Gasteiger partial charge in [-0.2, -0.15) is 8.42 Å². The molecule has 0 saturated carbocycles. The number of halogens is 1. The molecule has 0 fully saturated rings. The third kappa shape index (κ3) is 4.54. The monoisotopic (exact) mass is 188 g/mol. The Labute approximate surface area is 62.4 Å². The largest absolute Gasteiger partial charge is 0.480 e. The van der Waals surface area contributed by atoms with Crippen LogP contribution in [0.3, 0.4) is 0 Å². The predicted molar refractivity (Wildman–Crippen MR) is 33.7 cm³/mol. The second-order valence-electron chi connectivity index (χ2n) is 1.55. The minimum atomic E-state index is -4.28. The maximum absolute atomic E-state index is 9.95. The third-order valence-corrected chi connectivity index (χ3v) is 1.90. The van der Waals surface area contributed by atoms with Crippen LogP contribution in [0.5, 0.6) is 0 Å². The van der Waals surface area contributed by atoms with Gasteiger partial charge in [0.2, 0.25) is 0 Å². The fourth-order valence-electron chi connectivity index (χ4n) is 0.256. The molecule has 0 rings (SSSR count). The normalized spacial score (nSPS) is 14.6. The summed E-state index contributed by atoms with van der Waals surface area (Å²) >= 11 is 4.96. The van der Waals surface area contributed by atoms with Gasteiger partial charge in [-0.15, -0.1) is 11.6 Å². The highest BCUT2D eigenvalue weighted by atomic mass is 35.5. The van der Waals surface area contributed by atoms with E-state index in [1.165, 1.54) is 0 Å². The van der Waals surface area contributed by atoms with Gasteiger partial charge in [0.05, 0.1) is 0 Å². The fraction of sp³-hybridized carbons (Fsp3) is 0.667. The van der Waals surface area contributed by atoms with Crippen LogP contribution in [0.1, 0.15) is 0 Å². The van der Waals surface area contributed by atoms with Gasteiger partial charge in [0.1, 0.15) is 11.1 Å². The van der Waals surface area contributed by atoms with Gasteiger partial charge in [0, 0.05) is 0 Å². The zero-order valence-corrected chi connectivity index (χ0v) is 6.26. The molecule has 0 saturated heterocycles. The van der Waals surface area contributed by atoms with Crippen LogP contribution in [0.4, 0.5) is 0 Å². The molecule has 2 N–H and O–H groups in total. The Bertz CT molecular complexity index is 219. The van der Waals surface area contributed by atoms with Crippen molar-refractivity contribution in [3.05, 3.63) is 0 Å². The van der Waals surface area contributed by atoms with Crippen LogP contribution in [0, 0.1) is 0 Å². The van der Waals surface area contributed by atoms with E-state index in [-0.39, 0.29) is 0 Å². The van der Waals surface area contributed by atoms with E-state index in [4.69, 9.17) is 21.3 Å². The van der Waals surface area contributed by atoms with Gasteiger partial charge in [0.25, 0.3) is 10.1 Å². The van der Waals surface area contributed by atoms with Crippen LogP contribution in [-0.4, -0.2) is 35.2 Å². The van der Waals surface area contributed by atoms with Crippen molar-refractivity contribution in [3.8, 4) is 0 Å². The zero-order chi connectivity index (χ0) is 8.36. The Morgan fingerprint density at radius 2 is 2.00 bits per heavy atom. The van der Waals surface area contributed by atoms with E-state index in [2.05, 4.69) is 0 Å². The SMILES string of the molecule is O=C(O)C(Cl)CS(=O)(=O)O. The molecule has 0 aromatic carbocycles. The van der Waals surface area contributed by atoms with Gasteiger partial charge in [-0.25, -0.2) is 0 Å². The van der Waals surface area contributed by atoms with Gasteiger partial charge >= 0.3 is 5.97 Å². The van der Waals surface area contributed by atoms with Crippen LogP contribution < -0.4 is 0 Å². The Balaban J connectivity index is 4.06. The second-order valence-corrected chi connectivity index (χ2v) is 3.58. The first-order chi connectivity index (χ1) is 4.33. The highest BCUT2D eigenvalue weighted by Crippen LogP contribution is 1.98. The molecule has 0 heterocycles.